The maximum absolute atomic E-state index is 10.8. The van der Waals surface area contributed by atoms with E-state index < -0.39 is 0 Å². The Labute approximate surface area is 217 Å². The number of benzene rings is 1. The fourth-order valence-corrected chi connectivity index (χ4v) is 6.18. The van der Waals surface area contributed by atoms with E-state index in [4.69, 9.17) is 9.47 Å². The first-order valence-electron chi connectivity index (χ1n) is 13.1. The van der Waals surface area contributed by atoms with E-state index in [-0.39, 0.29) is 11.3 Å². The number of phenols is 1. The third-order valence-corrected chi connectivity index (χ3v) is 8.03. The monoisotopic (exact) mass is 502 g/mol. The summed E-state index contributed by atoms with van der Waals surface area (Å²) >= 11 is 0. The molecule has 9 heteroatoms. The van der Waals surface area contributed by atoms with Crippen molar-refractivity contribution in [2.24, 2.45) is 0 Å². The number of phenolic OH excluding ortho intramolecular Hbond substituents is 1. The third-order valence-electron chi connectivity index (χ3n) is 8.03. The van der Waals surface area contributed by atoms with Crippen LogP contribution in [-0.4, -0.2) is 63.2 Å². The van der Waals surface area contributed by atoms with E-state index in [0.29, 0.717) is 41.1 Å². The van der Waals surface area contributed by atoms with Crippen molar-refractivity contribution in [1.82, 2.24) is 25.5 Å². The summed E-state index contributed by atoms with van der Waals surface area (Å²) in [4.78, 5) is 11.4. The first-order valence-corrected chi connectivity index (χ1v) is 13.1. The smallest absolute Gasteiger partial charge is 0.256 e. The third kappa shape index (κ3) is 4.68. The van der Waals surface area contributed by atoms with Crippen molar-refractivity contribution < 1.29 is 14.6 Å². The highest BCUT2D eigenvalue weighted by Gasteiger charge is 2.45. The zero-order chi connectivity index (χ0) is 25.6. The van der Waals surface area contributed by atoms with Gasteiger partial charge in [0.15, 0.2) is 17.4 Å². The molecule has 37 heavy (non-hydrogen) atoms. The van der Waals surface area contributed by atoms with Gasteiger partial charge in [-0.15, -0.1) is 10.2 Å². The van der Waals surface area contributed by atoms with Gasteiger partial charge in [0.25, 0.3) is 5.88 Å². The van der Waals surface area contributed by atoms with Gasteiger partial charge in [0, 0.05) is 35.4 Å². The first kappa shape index (κ1) is 23.9. The van der Waals surface area contributed by atoms with Crippen LogP contribution in [0.3, 0.4) is 0 Å². The molecule has 2 aliphatic heterocycles. The molecule has 1 aromatic carbocycles. The number of anilines is 1. The SMILES string of the molecule is COc1cc(-c2ccc(-c3ncc(N(C4CC4)[C@@H]4C[C@H]5CCC[C@@](C)(C4)N5)nn3)c(O)c2)cnc1OC. The van der Waals surface area contributed by atoms with Crippen LogP contribution in [0.1, 0.15) is 51.9 Å². The van der Waals surface area contributed by atoms with Gasteiger partial charge >= 0.3 is 0 Å². The highest BCUT2D eigenvalue weighted by molar-refractivity contribution is 5.73. The van der Waals surface area contributed by atoms with Gasteiger partial charge < -0.3 is 24.8 Å². The normalized spacial score (nSPS) is 24.9. The Morgan fingerprint density at radius 1 is 1.00 bits per heavy atom. The van der Waals surface area contributed by atoms with Gasteiger partial charge in [-0.1, -0.05) is 12.5 Å². The summed E-state index contributed by atoms with van der Waals surface area (Å²) in [6.07, 6.45) is 12.0. The maximum atomic E-state index is 10.8. The van der Waals surface area contributed by atoms with Crippen molar-refractivity contribution in [1.29, 1.82) is 0 Å². The predicted octanol–water partition coefficient (Wildman–Crippen LogP) is 4.36. The molecule has 4 heterocycles. The van der Waals surface area contributed by atoms with Crippen LogP contribution in [0.2, 0.25) is 0 Å². The summed E-state index contributed by atoms with van der Waals surface area (Å²) in [5.74, 6) is 2.27. The van der Waals surface area contributed by atoms with Gasteiger partial charge in [0.05, 0.1) is 26.0 Å². The summed E-state index contributed by atoms with van der Waals surface area (Å²) in [5, 5.41) is 23.8. The highest BCUT2D eigenvalue weighted by atomic mass is 16.5. The molecule has 9 nitrogen and oxygen atoms in total. The Kier molecular flexibility index (Phi) is 6.10. The quantitative estimate of drug-likeness (QED) is 0.488. The van der Waals surface area contributed by atoms with Gasteiger partial charge in [-0.05, 0) is 69.2 Å². The molecule has 2 N–H and O–H groups in total. The lowest BCUT2D eigenvalue weighted by atomic mass is 9.75. The van der Waals surface area contributed by atoms with E-state index in [2.05, 4.69) is 37.3 Å². The predicted molar refractivity (Wildman–Crippen MR) is 141 cm³/mol. The topological polar surface area (TPSA) is 106 Å². The van der Waals surface area contributed by atoms with Crippen molar-refractivity contribution in [2.45, 2.75) is 75.5 Å². The van der Waals surface area contributed by atoms with Crippen LogP contribution in [0.4, 0.5) is 5.82 Å². The van der Waals surface area contributed by atoms with E-state index >= 15 is 0 Å². The van der Waals surface area contributed by atoms with Crippen LogP contribution in [0.5, 0.6) is 17.4 Å². The lowest BCUT2D eigenvalue weighted by Gasteiger charge is -2.50. The number of pyridine rings is 1. The molecule has 3 fully saturated rings. The van der Waals surface area contributed by atoms with Crippen molar-refractivity contribution in [3.8, 4) is 39.9 Å². The molecule has 0 amide bonds. The minimum absolute atomic E-state index is 0.0833. The van der Waals surface area contributed by atoms with Crippen LogP contribution in [-0.2, 0) is 0 Å². The molecule has 194 valence electrons. The average molecular weight is 503 g/mol. The van der Waals surface area contributed by atoms with Gasteiger partial charge in [-0.25, -0.2) is 9.97 Å². The molecule has 3 aromatic rings. The number of hydrogen-bond donors (Lipinski definition) is 2. The first-order chi connectivity index (χ1) is 18.0. The largest absolute Gasteiger partial charge is 0.507 e. The van der Waals surface area contributed by atoms with E-state index in [9.17, 15) is 5.11 Å². The number of piperidine rings is 2. The van der Waals surface area contributed by atoms with Crippen LogP contribution < -0.4 is 19.7 Å². The Balaban J connectivity index is 1.24. The lowest BCUT2D eigenvalue weighted by molar-refractivity contribution is 0.138. The number of ether oxygens (including phenoxy) is 2. The molecule has 2 saturated heterocycles. The molecule has 0 spiro atoms. The molecular formula is C28H34N6O3. The van der Waals surface area contributed by atoms with E-state index in [0.717, 1.165) is 29.8 Å². The standard InChI is InChI=1S/C28H34N6O3/c1-28-10-4-5-19(31-28)13-21(14-28)34(20-7-8-20)25-16-29-26(33-32-25)22-9-6-17(11-23(22)35)18-12-24(36-2)27(37-3)30-15-18/h6,9,11-12,15-16,19-21,31,35H,4-5,7-8,10,13-14H2,1-3H3/t19-,21-,28+/m1/s1. The van der Waals surface area contributed by atoms with E-state index in [1.807, 2.05) is 24.4 Å². The number of aromatic hydroxyl groups is 1. The van der Waals surface area contributed by atoms with Crippen LogP contribution in [0, 0.1) is 0 Å². The second kappa shape index (κ2) is 9.45. The van der Waals surface area contributed by atoms with Crippen molar-refractivity contribution in [3.05, 3.63) is 36.7 Å². The number of hydrogen-bond acceptors (Lipinski definition) is 9. The van der Waals surface area contributed by atoms with Crippen molar-refractivity contribution >= 4 is 5.82 Å². The highest BCUT2D eigenvalue weighted by Crippen LogP contribution is 2.41. The summed E-state index contributed by atoms with van der Waals surface area (Å²) in [6, 6.07) is 8.78. The van der Waals surface area contributed by atoms with Gasteiger partial charge in [0.1, 0.15) is 5.75 Å². The van der Waals surface area contributed by atoms with Crippen molar-refractivity contribution in [3.63, 3.8) is 0 Å². The second-order valence-electron chi connectivity index (χ2n) is 10.8. The molecular weight excluding hydrogens is 468 g/mol. The lowest BCUT2D eigenvalue weighted by Crippen LogP contribution is -2.61. The second-order valence-corrected chi connectivity index (χ2v) is 10.8. The fraction of sp³-hybridized carbons (Fsp3) is 0.500. The zero-order valence-electron chi connectivity index (χ0n) is 21.6. The van der Waals surface area contributed by atoms with Crippen molar-refractivity contribution in [2.75, 3.05) is 19.1 Å². The van der Waals surface area contributed by atoms with Crippen LogP contribution >= 0.6 is 0 Å². The van der Waals surface area contributed by atoms with E-state index in [1.54, 1.807) is 26.5 Å². The number of rotatable bonds is 7. The molecule has 3 atom stereocenters. The number of methoxy groups -OCH3 is 2. The average Bonchev–Trinajstić information content (AvgIpc) is 3.73. The number of fused-ring (bicyclic) bond motifs is 2. The number of aromatic nitrogens is 4. The zero-order valence-corrected chi connectivity index (χ0v) is 21.6. The van der Waals surface area contributed by atoms with Gasteiger partial charge in [-0.3, -0.25) is 0 Å². The fourth-order valence-electron chi connectivity index (χ4n) is 6.18. The molecule has 1 saturated carbocycles. The molecule has 1 aliphatic carbocycles. The van der Waals surface area contributed by atoms with Gasteiger partial charge in [-0.2, -0.15) is 0 Å². The Morgan fingerprint density at radius 3 is 2.54 bits per heavy atom. The Hall–Kier alpha value is -3.46. The van der Waals surface area contributed by atoms with Gasteiger partial charge in [0.2, 0.25) is 0 Å². The minimum atomic E-state index is 0.0833. The number of nitrogens with zero attached hydrogens (tertiary/aromatic N) is 5. The summed E-state index contributed by atoms with van der Waals surface area (Å²) in [6.45, 7) is 2.37. The number of nitrogens with one attached hydrogen (secondary N) is 1. The summed E-state index contributed by atoms with van der Waals surface area (Å²) < 4.78 is 10.6. The van der Waals surface area contributed by atoms with E-state index in [1.165, 1.54) is 32.1 Å². The molecule has 3 aliphatic rings. The van der Waals surface area contributed by atoms with Crippen LogP contribution in [0.25, 0.3) is 22.5 Å². The molecule has 2 aromatic heterocycles. The molecule has 2 bridgehead atoms. The summed E-state index contributed by atoms with van der Waals surface area (Å²) in [5.41, 5.74) is 2.34. The molecule has 0 unspecified atom stereocenters. The Bertz CT molecular complexity index is 1280. The maximum Gasteiger partial charge on any atom is 0.256 e. The Morgan fingerprint density at radius 2 is 1.86 bits per heavy atom. The minimum Gasteiger partial charge on any atom is -0.507 e. The molecule has 6 rings (SSSR count). The summed E-state index contributed by atoms with van der Waals surface area (Å²) in [7, 11) is 3.12. The molecule has 0 radical (unpaired) electrons. The van der Waals surface area contributed by atoms with Crippen LogP contribution in [0.15, 0.2) is 36.7 Å².